The van der Waals surface area contributed by atoms with Gasteiger partial charge in [0.1, 0.15) is 11.9 Å². The Kier molecular flexibility index (Phi) is 4.27. The molecule has 1 amide bonds. The monoisotopic (exact) mass is 338 g/mol. The van der Waals surface area contributed by atoms with Crippen LogP contribution in [-0.4, -0.2) is 43.1 Å². The number of hydrogen-bond acceptors (Lipinski definition) is 3. The van der Waals surface area contributed by atoms with E-state index < -0.39 is 0 Å². The molecule has 1 N–H and O–H groups in total. The van der Waals surface area contributed by atoms with Crippen LogP contribution >= 0.6 is 15.9 Å². The fraction of sp³-hybridized carbons (Fsp3) is 0.533. The Morgan fingerprint density at radius 3 is 3.00 bits per heavy atom. The maximum absolute atomic E-state index is 11.9. The van der Waals surface area contributed by atoms with E-state index in [0.29, 0.717) is 13.1 Å². The average Bonchev–Trinajstić information content (AvgIpc) is 3.06. The molecule has 1 saturated heterocycles. The molecule has 2 heterocycles. The van der Waals surface area contributed by atoms with Crippen LogP contribution in [0.1, 0.15) is 18.4 Å². The summed E-state index contributed by atoms with van der Waals surface area (Å²) in [6.45, 7) is 2.96. The number of rotatable bonds is 4. The normalized spacial score (nSPS) is 20.9. The van der Waals surface area contributed by atoms with E-state index in [1.54, 1.807) is 0 Å². The molecule has 0 aliphatic carbocycles. The number of ether oxygens (including phenoxy) is 1. The fourth-order valence-corrected chi connectivity index (χ4v) is 3.23. The number of amides is 1. The van der Waals surface area contributed by atoms with E-state index in [4.69, 9.17) is 4.74 Å². The molecule has 0 aromatic heterocycles. The lowest BCUT2D eigenvalue weighted by atomic mass is 10.1. The van der Waals surface area contributed by atoms with Gasteiger partial charge in [-0.2, -0.15) is 0 Å². The Morgan fingerprint density at radius 1 is 1.40 bits per heavy atom. The van der Waals surface area contributed by atoms with E-state index in [2.05, 4.69) is 27.3 Å². The zero-order valence-corrected chi connectivity index (χ0v) is 13.0. The summed E-state index contributed by atoms with van der Waals surface area (Å²) in [6.07, 6.45) is 3.31. The van der Waals surface area contributed by atoms with Crippen molar-refractivity contribution in [3.05, 3.63) is 28.2 Å². The molecule has 1 fully saturated rings. The predicted molar refractivity (Wildman–Crippen MR) is 80.9 cm³/mol. The summed E-state index contributed by atoms with van der Waals surface area (Å²) < 4.78 is 6.94. The molecule has 108 valence electrons. The number of fused-ring (bicyclic) bond motifs is 1. The number of halogens is 1. The Labute approximate surface area is 127 Å². The predicted octanol–water partition coefficient (Wildman–Crippen LogP) is 1.96. The molecule has 0 radical (unpaired) electrons. The molecule has 4 nitrogen and oxygen atoms in total. The Bertz CT molecular complexity index is 501. The first-order valence-corrected chi connectivity index (χ1v) is 7.95. The second kappa shape index (κ2) is 6.14. The largest absolute Gasteiger partial charge is 0.488 e. The van der Waals surface area contributed by atoms with Gasteiger partial charge in [0.15, 0.2) is 0 Å². The molecule has 1 aromatic rings. The smallest absolute Gasteiger partial charge is 0.236 e. The van der Waals surface area contributed by atoms with Gasteiger partial charge in [-0.25, -0.2) is 0 Å². The third-order valence-electron chi connectivity index (χ3n) is 3.87. The minimum absolute atomic E-state index is 0.130. The SMILES string of the molecule is O=C(CNCC1Cc2cc(Br)ccc2O1)N1CCCC1. The van der Waals surface area contributed by atoms with Crippen molar-refractivity contribution in [2.75, 3.05) is 26.2 Å². The van der Waals surface area contributed by atoms with Crippen molar-refractivity contribution in [3.8, 4) is 5.75 Å². The molecular formula is C15H19BrN2O2. The van der Waals surface area contributed by atoms with Gasteiger partial charge in [-0.1, -0.05) is 15.9 Å². The maximum Gasteiger partial charge on any atom is 0.236 e. The van der Waals surface area contributed by atoms with E-state index in [-0.39, 0.29) is 12.0 Å². The molecule has 1 unspecified atom stereocenters. The molecule has 0 spiro atoms. The second-order valence-electron chi connectivity index (χ2n) is 5.41. The number of carbonyl (C=O) groups excluding carboxylic acids is 1. The molecule has 1 atom stereocenters. The van der Waals surface area contributed by atoms with Crippen molar-refractivity contribution in [3.63, 3.8) is 0 Å². The van der Waals surface area contributed by atoms with Gasteiger partial charge in [0.05, 0.1) is 6.54 Å². The summed E-state index contributed by atoms with van der Waals surface area (Å²) >= 11 is 3.47. The van der Waals surface area contributed by atoms with Gasteiger partial charge in [-0.05, 0) is 36.6 Å². The maximum atomic E-state index is 11.9. The van der Waals surface area contributed by atoms with Crippen molar-refractivity contribution < 1.29 is 9.53 Å². The van der Waals surface area contributed by atoms with Crippen molar-refractivity contribution in [2.45, 2.75) is 25.4 Å². The van der Waals surface area contributed by atoms with Crippen LogP contribution in [0.4, 0.5) is 0 Å². The first kappa shape index (κ1) is 13.9. The first-order valence-electron chi connectivity index (χ1n) is 7.16. The van der Waals surface area contributed by atoms with E-state index in [1.165, 1.54) is 5.56 Å². The zero-order valence-electron chi connectivity index (χ0n) is 11.4. The summed E-state index contributed by atoms with van der Waals surface area (Å²) in [5, 5.41) is 3.23. The standard InChI is InChI=1S/C15H19BrN2O2/c16-12-3-4-14-11(7-12)8-13(20-14)9-17-10-15(19)18-5-1-2-6-18/h3-4,7,13,17H,1-2,5-6,8-10H2. The minimum Gasteiger partial charge on any atom is -0.488 e. The summed E-state index contributed by atoms with van der Waals surface area (Å²) in [6, 6.07) is 6.09. The van der Waals surface area contributed by atoms with Gasteiger partial charge in [0, 0.05) is 30.5 Å². The molecular weight excluding hydrogens is 320 g/mol. The summed E-state index contributed by atoms with van der Waals surface area (Å²) in [5.74, 6) is 1.17. The minimum atomic E-state index is 0.130. The number of benzene rings is 1. The average molecular weight is 339 g/mol. The van der Waals surface area contributed by atoms with Crippen LogP contribution in [0.2, 0.25) is 0 Å². The van der Waals surface area contributed by atoms with Crippen molar-refractivity contribution in [1.29, 1.82) is 0 Å². The van der Waals surface area contributed by atoms with Crippen LogP contribution in [0.15, 0.2) is 22.7 Å². The lowest BCUT2D eigenvalue weighted by Crippen LogP contribution is -2.39. The third-order valence-corrected chi connectivity index (χ3v) is 4.36. The summed E-state index contributed by atoms with van der Waals surface area (Å²) in [4.78, 5) is 13.8. The third kappa shape index (κ3) is 3.15. The lowest BCUT2D eigenvalue weighted by Gasteiger charge is -2.17. The van der Waals surface area contributed by atoms with Crippen LogP contribution in [0.3, 0.4) is 0 Å². The quantitative estimate of drug-likeness (QED) is 0.912. The van der Waals surface area contributed by atoms with Gasteiger partial charge < -0.3 is 15.0 Å². The zero-order chi connectivity index (χ0) is 13.9. The molecule has 0 bridgehead atoms. The molecule has 1 aromatic carbocycles. The van der Waals surface area contributed by atoms with Crippen LogP contribution < -0.4 is 10.1 Å². The molecule has 2 aliphatic heterocycles. The van der Waals surface area contributed by atoms with E-state index in [0.717, 1.165) is 42.6 Å². The number of nitrogens with zero attached hydrogens (tertiary/aromatic N) is 1. The molecule has 3 rings (SSSR count). The van der Waals surface area contributed by atoms with Crippen LogP contribution in [0.25, 0.3) is 0 Å². The van der Waals surface area contributed by atoms with Gasteiger partial charge in [0.2, 0.25) is 5.91 Å². The Balaban J connectivity index is 1.43. The highest BCUT2D eigenvalue weighted by molar-refractivity contribution is 9.10. The highest BCUT2D eigenvalue weighted by Crippen LogP contribution is 2.30. The topological polar surface area (TPSA) is 41.6 Å². The number of likely N-dealkylation sites (tertiary alicyclic amines) is 1. The Morgan fingerprint density at radius 2 is 2.20 bits per heavy atom. The molecule has 2 aliphatic rings. The fourth-order valence-electron chi connectivity index (χ4n) is 2.82. The molecule has 5 heteroatoms. The molecule has 20 heavy (non-hydrogen) atoms. The van der Waals surface area contributed by atoms with E-state index >= 15 is 0 Å². The van der Waals surface area contributed by atoms with Gasteiger partial charge >= 0.3 is 0 Å². The number of nitrogens with one attached hydrogen (secondary N) is 1. The summed E-state index contributed by atoms with van der Waals surface area (Å²) in [5.41, 5.74) is 1.23. The Hall–Kier alpha value is -1.07. The number of carbonyl (C=O) groups is 1. The lowest BCUT2D eigenvalue weighted by molar-refractivity contribution is -0.129. The van der Waals surface area contributed by atoms with Crippen molar-refractivity contribution in [1.82, 2.24) is 10.2 Å². The van der Waals surface area contributed by atoms with Crippen LogP contribution in [-0.2, 0) is 11.2 Å². The van der Waals surface area contributed by atoms with Crippen molar-refractivity contribution >= 4 is 21.8 Å². The summed E-state index contributed by atoms with van der Waals surface area (Å²) in [7, 11) is 0. The van der Waals surface area contributed by atoms with Gasteiger partial charge in [-0.15, -0.1) is 0 Å². The van der Waals surface area contributed by atoms with E-state index in [1.807, 2.05) is 17.0 Å². The highest BCUT2D eigenvalue weighted by Gasteiger charge is 2.23. The van der Waals surface area contributed by atoms with Crippen molar-refractivity contribution in [2.24, 2.45) is 0 Å². The van der Waals surface area contributed by atoms with Gasteiger partial charge in [-0.3, -0.25) is 4.79 Å². The highest BCUT2D eigenvalue weighted by atomic mass is 79.9. The molecule has 0 saturated carbocycles. The van der Waals surface area contributed by atoms with E-state index in [9.17, 15) is 4.79 Å². The number of hydrogen-bond donors (Lipinski definition) is 1. The van der Waals surface area contributed by atoms with Crippen LogP contribution in [0.5, 0.6) is 5.75 Å². The second-order valence-corrected chi connectivity index (χ2v) is 6.33. The first-order chi connectivity index (χ1) is 9.72. The van der Waals surface area contributed by atoms with Crippen LogP contribution in [0, 0.1) is 0 Å². The van der Waals surface area contributed by atoms with Gasteiger partial charge in [0.25, 0.3) is 0 Å².